The predicted molar refractivity (Wildman–Crippen MR) is 169 cm³/mol. The number of carbonyl (C=O) groups is 2. The van der Waals surface area contributed by atoms with Gasteiger partial charge in [0, 0.05) is 34.1 Å². The van der Waals surface area contributed by atoms with Crippen molar-refractivity contribution in [2.75, 3.05) is 24.2 Å². The SMILES string of the molecule is COc1ccc(C)cc1N(CC(=O)N(Cc1c(Cl)cccc1Cl)[C@@H](Cc1ccccc1)C(=O)NC(C)(C)C)S(C)(=O)=O. The Kier molecular flexibility index (Phi) is 10.9. The van der Waals surface area contributed by atoms with Crippen LogP contribution in [0.25, 0.3) is 0 Å². The molecule has 0 spiro atoms. The van der Waals surface area contributed by atoms with Crippen molar-refractivity contribution in [1.82, 2.24) is 10.2 Å². The van der Waals surface area contributed by atoms with E-state index < -0.39 is 40.0 Å². The van der Waals surface area contributed by atoms with Crippen molar-refractivity contribution in [1.29, 1.82) is 0 Å². The van der Waals surface area contributed by atoms with Crippen LogP contribution in [0.5, 0.6) is 5.75 Å². The van der Waals surface area contributed by atoms with Crippen LogP contribution in [0, 0.1) is 6.92 Å². The van der Waals surface area contributed by atoms with Gasteiger partial charge in [-0.25, -0.2) is 8.42 Å². The van der Waals surface area contributed by atoms with Crippen molar-refractivity contribution in [2.24, 2.45) is 0 Å². The second-order valence-electron chi connectivity index (χ2n) is 11.1. The fourth-order valence-corrected chi connectivity index (χ4v) is 5.81. The molecule has 1 atom stereocenters. The van der Waals surface area contributed by atoms with Crippen molar-refractivity contribution in [3.05, 3.63) is 93.5 Å². The van der Waals surface area contributed by atoms with Gasteiger partial charge >= 0.3 is 0 Å². The van der Waals surface area contributed by atoms with Crippen molar-refractivity contribution in [3.8, 4) is 5.75 Å². The number of benzene rings is 3. The maximum Gasteiger partial charge on any atom is 0.244 e. The molecule has 0 heterocycles. The van der Waals surface area contributed by atoms with E-state index in [0.29, 0.717) is 15.6 Å². The number of aryl methyl sites for hydroxylation is 1. The molecule has 226 valence electrons. The molecule has 0 saturated carbocycles. The summed E-state index contributed by atoms with van der Waals surface area (Å²) in [5, 5.41) is 3.61. The summed E-state index contributed by atoms with van der Waals surface area (Å²) in [5.41, 5.74) is 1.64. The van der Waals surface area contributed by atoms with E-state index >= 15 is 0 Å². The summed E-state index contributed by atoms with van der Waals surface area (Å²) in [6.07, 6.45) is 1.19. The molecular formula is C31H37Cl2N3O5S. The summed E-state index contributed by atoms with van der Waals surface area (Å²) in [4.78, 5) is 29.5. The molecule has 0 aliphatic carbocycles. The normalized spacial score (nSPS) is 12.4. The first-order chi connectivity index (χ1) is 19.6. The van der Waals surface area contributed by atoms with Gasteiger partial charge in [-0.15, -0.1) is 0 Å². The van der Waals surface area contributed by atoms with Crippen LogP contribution in [0.3, 0.4) is 0 Å². The molecule has 3 aromatic carbocycles. The lowest BCUT2D eigenvalue weighted by Crippen LogP contribution is -2.56. The Balaban J connectivity index is 2.16. The van der Waals surface area contributed by atoms with Gasteiger partial charge in [-0.3, -0.25) is 13.9 Å². The Morgan fingerprint density at radius 1 is 0.976 bits per heavy atom. The number of nitrogens with one attached hydrogen (secondary N) is 1. The summed E-state index contributed by atoms with van der Waals surface area (Å²) < 4.78 is 32.6. The van der Waals surface area contributed by atoms with Gasteiger partial charge in [0.05, 0.1) is 19.1 Å². The number of nitrogens with zero attached hydrogens (tertiary/aromatic N) is 2. The summed E-state index contributed by atoms with van der Waals surface area (Å²) in [6.45, 7) is 6.62. The molecule has 2 amide bonds. The van der Waals surface area contributed by atoms with Crippen molar-refractivity contribution < 1.29 is 22.7 Å². The monoisotopic (exact) mass is 633 g/mol. The van der Waals surface area contributed by atoms with Crippen LogP contribution < -0.4 is 14.4 Å². The van der Waals surface area contributed by atoms with Crippen LogP contribution in [-0.4, -0.2) is 56.6 Å². The summed E-state index contributed by atoms with van der Waals surface area (Å²) in [6, 6.07) is 18.3. The largest absolute Gasteiger partial charge is 0.495 e. The molecule has 3 rings (SSSR count). The summed E-state index contributed by atoms with van der Waals surface area (Å²) in [5.74, 6) is -0.738. The van der Waals surface area contributed by atoms with E-state index in [1.165, 1.54) is 12.0 Å². The molecule has 42 heavy (non-hydrogen) atoms. The zero-order valence-corrected chi connectivity index (χ0v) is 27.0. The fourth-order valence-electron chi connectivity index (χ4n) is 4.45. The lowest BCUT2D eigenvalue weighted by Gasteiger charge is -2.35. The van der Waals surface area contributed by atoms with E-state index in [1.807, 2.05) is 58.0 Å². The number of amides is 2. The average molecular weight is 635 g/mol. The highest BCUT2D eigenvalue weighted by molar-refractivity contribution is 7.92. The standard InChI is InChI=1S/C31H37Cl2N3O5S/c1-21-15-16-28(41-5)26(17-21)36(42(6,39)40)20-29(37)35(19-23-24(32)13-10-14-25(23)33)27(30(38)34-31(2,3)4)18-22-11-8-7-9-12-22/h7-17,27H,18-20H2,1-6H3,(H,34,38)/t27-/m0/s1. The molecule has 0 fully saturated rings. The number of rotatable bonds is 11. The van der Waals surface area contributed by atoms with Crippen LogP contribution in [0.1, 0.15) is 37.5 Å². The van der Waals surface area contributed by atoms with E-state index in [-0.39, 0.29) is 24.4 Å². The third kappa shape index (κ3) is 8.86. The number of carbonyl (C=O) groups excluding carboxylic acids is 2. The molecule has 11 heteroatoms. The number of hydrogen-bond donors (Lipinski definition) is 1. The van der Waals surface area contributed by atoms with E-state index in [0.717, 1.165) is 21.7 Å². The Morgan fingerprint density at radius 3 is 2.14 bits per heavy atom. The van der Waals surface area contributed by atoms with E-state index in [1.54, 1.807) is 36.4 Å². The first-order valence-corrected chi connectivity index (χ1v) is 15.9. The first-order valence-electron chi connectivity index (χ1n) is 13.3. The molecule has 1 N–H and O–H groups in total. The molecular weight excluding hydrogens is 597 g/mol. The third-order valence-electron chi connectivity index (χ3n) is 6.44. The number of sulfonamides is 1. The van der Waals surface area contributed by atoms with Gasteiger partial charge in [-0.05, 0) is 63.1 Å². The minimum atomic E-state index is -3.97. The Hall–Kier alpha value is -3.27. The molecule has 0 aromatic heterocycles. The van der Waals surface area contributed by atoms with Gasteiger partial charge in [0.25, 0.3) is 0 Å². The summed E-state index contributed by atoms with van der Waals surface area (Å²) >= 11 is 13.0. The molecule has 3 aromatic rings. The maximum absolute atomic E-state index is 14.3. The highest BCUT2D eigenvalue weighted by Crippen LogP contribution is 2.32. The third-order valence-corrected chi connectivity index (χ3v) is 8.28. The van der Waals surface area contributed by atoms with Crippen LogP contribution >= 0.6 is 23.2 Å². The number of ether oxygens (including phenoxy) is 1. The Morgan fingerprint density at radius 2 is 1.60 bits per heavy atom. The Bertz CT molecular complexity index is 1510. The maximum atomic E-state index is 14.3. The highest BCUT2D eigenvalue weighted by atomic mass is 35.5. The van der Waals surface area contributed by atoms with Crippen LogP contribution in [0.2, 0.25) is 10.0 Å². The topological polar surface area (TPSA) is 96.0 Å². The molecule has 0 radical (unpaired) electrons. The Labute approximate surface area is 258 Å². The average Bonchev–Trinajstić information content (AvgIpc) is 2.89. The van der Waals surface area contributed by atoms with Gasteiger partial charge in [-0.2, -0.15) is 0 Å². The second-order valence-corrected chi connectivity index (χ2v) is 13.8. The predicted octanol–water partition coefficient (Wildman–Crippen LogP) is 5.63. The molecule has 8 nitrogen and oxygen atoms in total. The molecule has 0 unspecified atom stereocenters. The highest BCUT2D eigenvalue weighted by Gasteiger charge is 2.35. The zero-order valence-electron chi connectivity index (χ0n) is 24.6. The van der Waals surface area contributed by atoms with Gasteiger partial charge in [-0.1, -0.05) is 65.7 Å². The number of anilines is 1. The molecule has 0 bridgehead atoms. The smallest absolute Gasteiger partial charge is 0.244 e. The first kappa shape index (κ1) is 33.2. The van der Waals surface area contributed by atoms with Crippen LogP contribution in [-0.2, 0) is 32.6 Å². The lowest BCUT2D eigenvalue weighted by atomic mass is 10.0. The fraction of sp³-hybridized carbons (Fsp3) is 0.355. The molecule has 0 aliphatic rings. The van der Waals surface area contributed by atoms with Crippen molar-refractivity contribution in [2.45, 2.75) is 52.2 Å². The summed E-state index contributed by atoms with van der Waals surface area (Å²) in [7, 11) is -2.54. The lowest BCUT2D eigenvalue weighted by molar-refractivity contribution is -0.140. The quantitative estimate of drug-likeness (QED) is 0.295. The van der Waals surface area contributed by atoms with Crippen LogP contribution in [0.4, 0.5) is 5.69 Å². The zero-order chi connectivity index (χ0) is 31.2. The number of methoxy groups -OCH3 is 1. The van der Waals surface area contributed by atoms with Crippen LogP contribution in [0.15, 0.2) is 66.7 Å². The van der Waals surface area contributed by atoms with E-state index in [9.17, 15) is 18.0 Å². The minimum Gasteiger partial charge on any atom is -0.495 e. The molecule has 0 aliphatic heterocycles. The van der Waals surface area contributed by atoms with E-state index in [4.69, 9.17) is 27.9 Å². The second kappa shape index (κ2) is 13.8. The van der Waals surface area contributed by atoms with Gasteiger partial charge in [0.2, 0.25) is 21.8 Å². The molecule has 0 saturated heterocycles. The number of hydrogen-bond acceptors (Lipinski definition) is 5. The van der Waals surface area contributed by atoms with Crippen molar-refractivity contribution in [3.63, 3.8) is 0 Å². The van der Waals surface area contributed by atoms with Crippen molar-refractivity contribution >= 4 is 50.7 Å². The minimum absolute atomic E-state index is 0.130. The van der Waals surface area contributed by atoms with Gasteiger partial charge in [0.15, 0.2) is 0 Å². The van der Waals surface area contributed by atoms with E-state index in [2.05, 4.69) is 5.32 Å². The van der Waals surface area contributed by atoms with Gasteiger partial charge < -0.3 is 15.0 Å². The van der Waals surface area contributed by atoms with Gasteiger partial charge in [0.1, 0.15) is 18.3 Å². The number of halogens is 2.